The third-order valence-corrected chi connectivity index (χ3v) is 8.48. The number of hydrogen-bond acceptors (Lipinski definition) is 5. The molecule has 1 aliphatic carbocycles. The van der Waals surface area contributed by atoms with Crippen LogP contribution >= 0.6 is 11.6 Å². The molecule has 0 bridgehead atoms. The Morgan fingerprint density at radius 2 is 1.97 bits per heavy atom. The van der Waals surface area contributed by atoms with Crippen LogP contribution in [0.3, 0.4) is 0 Å². The second-order valence-corrected chi connectivity index (χ2v) is 11.1. The fourth-order valence-electron chi connectivity index (χ4n) is 6.13. The molecule has 1 amide bonds. The van der Waals surface area contributed by atoms with Crippen LogP contribution in [-0.2, 0) is 15.1 Å². The van der Waals surface area contributed by atoms with E-state index in [9.17, 15) is 15.0 Å². The first-order valence-corrected chi connectivity index (χ1v) is 13.7. The van der Waals surface area contributed by atoms with Crippen LogP contribution in [0.4, 0.5) is 8.78 Å². The number of nitrogens with two attached hydrogens (primary N) is 1. The zero-order valence-corrected chi connectivity index (χ0v) is 22.5. The number of methoxy groups -OCH3 is 1. The number of unbranched alkanes of at least 4 members (excludes halogenated alkanes) is 1. The molecule has 1 heterocycles. The lowest BCUT2D eigenvalue weighted by atomic mass is 9.71. The number of piperidine rings is 1. The molecule has 0 spiro atoms. The predicted octanol–water partition coefficient (Wildman–Crippen LogP) is 4.63. The van der Waals surface area contributed by atoms with Gasteiger partial charge >= 0.3 is 0 Å². The van der Waals surface area contributed by atoms with E-state index in [2.05, 4.69) is 0 Å². The number of aliphatic hydroxyl groups excluding tert-OH is 1. The summed E-state index contributed by atoms with van der Waals surface area (Å²) in [7, 11) is 1.61. The molecular weight excluding hydrogens is 514 g/mol. The number of carbonyl (C=O) groups excluding carboxylic acids is 1. The number of rotatable bonds is 9. The van der Waals surface area contributed by atoms with Crippen LogP contribution in [0.1, 0.15) is 50.5 Å². The topological polar surface area (TPSA) is 96.0 Å². The number of halogens is 3. The van der Waals surface area contributed by atoms with Gasteiger partial charge < -0.3 is 25.6 Å². The lowest BCUT2D eigenvalue weighted by molar-refractivity contribution is -0.141. The van der Waals surface area contributed by atoms with E-state index >= 15 is 8.78 Å². The third-order valence-electron chi connectivity index (χ3n) is 8.19. The monoisotopic (exact) mass is 550 g/mol. The quantitative estimate of drug-likeness (QED) is 0.396. The highest BCUT2D eigenvalue weighted by atomic mass is 35.5. The van der Waals surface area contributed by atoms with Crippen molar-refractivity contribution >= 4 is 17.5 Å². The molecule has 4 N–H and O–H groups in total. The van der Waals surface area contributed by atoms with Crippen molar-refractivity contribution in [2.75, 3.05) is 26.8 Å². The van der Waals surface area contributed by atoms with Crippen LogP contribution in [-0.4, -0.2) is 60.0 Å². The molecule has 9 heteroatoms. The normalized spacial score (nSPS) is 25.4. The highest BCUT2D eigenvalue weighted by Crippen LogP contribution is 2.45. The molecule has 38 heavy (non-hydrogen) atoms. The van der Waals surface area contributed by atoms with Crippen molar-refractivity contribution in [2.45, 2.75) is 62.7 Å². The summed E-state index contributed by atoms with van der Waals surface area (Å²) in [6.45, 7) is 1.32. The van der Waals surface area contributed by atoms with E-state index in [1.54, 1.807) is 24.1 Å². The van der Waals surface area contributed by atoms with Gasteiger partial charge in [-0.3, -0.25) is 4.79 Å². The van der Waals surface area contributed by atoms with Crippen molar-refractivity contribution in [3.8, 4) is 11.1 Å². The number of likely N-dealkylation sites (tertiary alicyclic amines) is 1. The molecule has 2 fully saturated rings. The Bertz CT molecular complexity index is 1130. The molecule has 5 unspecified atom stereocenters. The molecule has 2 aliphatic rings. The number of ether oxygens (including phenoxy) is 1. The van der Waals surface area contributed by atoms with Crippen LogP contribution in [0.25, 0.3) is 11.1 Å². The number of benzene rings is 2. The minimum absolute atomic E-state index is 0.0152. The van der Waals surface area contributed by atoms with E-state index in [4.69, 9.17) is 22.1 Å². The van der Waals surface area contributed by atoms with Crippen LogP contribution in [0.2, 0.25) is 5.02 Å². The average Bonchev–Trinajstić information content (AvgIpc) is 3.25. The first-order chi connectivity index (χ1) is 18.2. The molecule has 208 valence electrons. The first kappa shape index (κ1) is 28.9. The van der Waals surface area contributed by atoms with Crippen LogP contribution in [0, 0.1) is 23.5 Å². The predicted molar refractivity (Wildman–Crippen MR) is 142 cm³/mol. The van der Waals surface area contributed by atoms with Gasteiger partial charge in [0.15, 0.2) is 0 Å². The van der Waals surface area contributed by atoms with E-state index in [1.807, 2.05) is 0 Å². The Morgan fingerprint density at radius 1 is 1.21 bits per heavy atom. The number of hydrogen-bond donors (Lipinski definition) is 3. The second kappa shape index (κ2) is 12.4. The van der Waals surface area contributed by atoms with Gasteiger partial charge in [0.05, 0.1) is 16.7 Å². The summed E-state index contributed by atoms with van der Waals surface area (Å²) in [5.41, 5.74) is 4.67. The molecule has 1 aliphatic heterocycles. The molecule has 1 saturated heterocycles. The standard InChI is InChI=1S/C29H37ClF2N2O4/c1-38-14-3-2-12-29(37,19-7-6-13-34(17-19)28(36)18-15-24(33)25(35)16-18)21-9-5-11-23(31)26(21)20-8-4-10-22(30)27(20)32/h4-5,8-11,18-19,24-25,35,37H,2-3,6-7,12-17,33H2,1H3. The van der Waals surface area contributed by atoms with Gasteiger partial charge in [-0.05, 0) is 62.6 Å². The van der Waals surface area contributed by atoms with Gasteiger partial charge in [-0.2, -0.15) is 0 Å². The summed E-state index contributed by atoms with van der Waals surface area (Å²) in [4.78, 5) is 15.1. The lowest BCUT2D eigenvalue weighted by Crippen LogP contribution is -2.49. The van der Waals surface area contributed by atoms with E-state index in [0.717, 1.165) is 0 Å². The van der Waals surface area contributed by atoms with Crippen LogP contribution < -0.4 is 5.73 Å². The van der Waals surface area contributed by atoms with E-state index < -0.39 is 35.3 Å². The zero-order chi connectivity index (χ0) is 27.4. The molecule has 0 aromatic heterocycles. The summed E-state index contributed by atoms with van der Waals surface area (Å²) in [5, 5.41) is 22.4. The summed E-state index contributed by atoms with van der Waals surface area (Å²) < 4.78 is 35.8. The third kappa shape index (κ3) is 5.89. The lowest BCUT2D eigenvalue weighted by Gasteiger charge is -2.44. The Balaban J connectivity index is 1.71. The molecule has 2 aromatic rings. The van der Waals surface area contributed by atoms with Gasteiger partial charge in [-0.1, -0.05) is 35.9 Å². The van der Waals surface area contributed by atoms with Crippen molar-refractivity contribution in [2.24, 2.45) is 17.6 Å². The van der Waals surface area contributed by atoms with Crippen molar-refractivity contribution < 1.29 is 28.5 Å². The molecule has 5 atom stereocenters. The molecule has 0 radical (unpaired) electrons. The van der Waals surface area contributed by atoms with E-state index in [1.165, 1.54) is 24.3 Å². The number of aliphatic hydroxyl groups is 2. The average molecular weight is 551 g/mol. The van der Waals surface area contributed by atoms with Crippen molar-refractivity contribution in [3.63, 3.8) is 0 Å². The summed E-state index contributed by atoms with van der Waals surface area (Å²) in [6.07, 6.45) is 2.88. The van der Waals surface area contributed by atoms with Crippen molar-refractivity contribution in [1.82, 2.24) is 4.90 Å². The summed E-state index contributed by atoms with van der Waals surface area (Å²) in [6, 6.07) is 8.39. The molecular formula is C29H37ClF2N2O4. The van der Waals surface area contributed by atoms with Gasteiger partial charge in [0.2, 0.25) is 5.91 Å². The largest absolute Gasteiger partial charge is 0.391 e. The van der Waals surface area contributed by atoms with Gasteiger partial charge in [0, 0.05) is 55.8 Å². The minimum atomic E-state index is -1.54. The fourth-order valence-corrected chi connectivity index (χ4v) is 6.30. The Labute approximate surface area is 227 Å². The van der Waals surface area contributed by atoms with Gasteiger partial charge in [-0.25, -0.2) is 8.78 Å². The Morgan fingerprint density at radius 3 is 2.68 bits per heavy atom. The fraction of sp³-hybridized carbons (Fsp3) is 0.552. The Hall–Kier alpha value is -2.10. The highest BCUT2D eigenvalue weighted by Gasteiger charge is 2.45. The molecule has 1 saturated carbocycles. The SMILES string of the molecule is COCCCCC(O)(c1cccc(F)c1-c1cccc(Cl)c1F)C1CCCN(C(=O)C2CC(N)C(O)C2)C1. The van der Waals surface area contributed by atoms with Gasteiger partial charge in [-0.15, -0.1) is 0 Å². The summed E-state index contributed by atoms with van der Waals surface area (Å²) in [5.74, 6) is -2.26. The van der Waals surface area contributed by atoms with Crippen molar-refractivity contribution in [3.05, 3.63) is 58.6 Å². The number of carbonyl (C=O) groups is 1. The maximum Gasteiger partial charge on any atom is 0.225 e. The highest BCUT2D eigenvalue weighted by molar-refractivity contribution is 6.31. The summed E-state index contributed by atoms with van der Waals surface area (Å²) >= 11 is 6.04. The molecule has 2 aromatic carbocycles. The van der Waals surface area contributed by atoms with Crippen molar-refractivity contribution in [1.29, 1.82) is 0 Å². The second-order valence-electron chi connectivity index (χ2n) is 10.7. The maximum absolute atomic E-state index is 15.4. The van der Waals surface area contributed by atoms with Crippen LogP contribution in [0.5, 0.6) is 0 Å². The number of nitrogens with zero attached hydrogens (tertiary/aromatic N) is 1. The molecule has 4 rings (SSSR count). The molecule has 6 nitrogen and oxygen atoms in total. The number of amides is 1. The first-order valence-electron chi connectivity index (χ1n) is 13.3. The zero-order valence-electron chi connectivity index (χ0n) is 21.7. The smallest absolute Gasteiger partial charge is 0.225 e. The van der Waals surface area contributed by atoms with Gasteiger partial charge in [0.1, 0.15) is 11.6 Å². The van der Waals surface area contributed by atoms with E-state index in [-0.39, 0.29) is 46.5 Å². The maximum atomic E-state index is 15.4. The van der Waals surface area contributed by atoms with Crippen LogP contribution in [0.15, 0.2) is 36.4 Å². The van der Waals surface area contributed by atoms with Gasteiger partial charge in [0.25, 0.3) is 0 Å². The van der Waals surface area contributed by atoms with E-state index in [0.29, 0.717) is 51.7 Å². The minimum Gasteiger partial charge on any atom is -0.391 e. The Kier molecular flexibility index (Phi) is 9.42.